The van der Waals surface area contributed by atoms with Crippen LogP contribution >= 0.6 is 15.9 Å². The highest BCUT2D eigenvalue weighted by Crippen LogP contribution is 2.27. The van der Waals surface area contributed by atoms with Gasteiger partial charge >= 0.3 is 0 Å². The first-order valence-corrected chi connectivity index (χ1v) is 6.85. The monoisotopic (exact) mass is 298 g/mol. The molecule has 1 aromatic rings. The molecule has 0 spiro atoms. The smallest absolute Gasteiger partial charge is 0.0598 e. The zero-order valence-electron chi connectivity index (χ0n) is 11.3. The van der Waals surface area contributed by atoms with Gasteiger partial charge in [-0.1, -0.05) is 36.7 Å². The molecule has 0 fully saturated rings. The Bertz CT molecular complexity index is 369. The second-order valence-corrected chi connectivity index (χ2v) is 6.70. The van der Waals surface area contributed by atoms with E-state index in [1.807, 2.05) is 12.1 Å². The Morgan fingerprint density at radius 1 is 1.29 bits per heavy atom. The molecule has 0 amide bonds. The van der Waals surface area contributed by atoms with Crippen LogP contribution in [0.1, 0.15) is 33.6 Å². The topological polar surface area (TPSA) is 29.3 Å². The van der Waals surface area contributed by atoms with Crippen molar-refractivity contribution in [2.75, 3.05) is 24.2 Å². The van der Waals surface area contributed by atoms with Crippen molar-refractivity contribution in [2.24, 2.45) is 5.41 Å². The fourth-order valence-electron chi connectivity index (χ4n) is 1.84. The first-order valence-electron chi connectivity index (χ1n) is 6.06. The number of hydrogen-bond acceptors (Lipinski definition) is 2. The number of nitrogens with zero attached hydrogens (tertiary/aromatic N) is 1. The highest BCUT2D eigenvalue weighted by atomic mass is 79.9. The van der Waals surface area contributed by atoms with E-state index in [-0.39, 0.29) is 0 Å². The molecule has 2 nitrogen and oxygen atoms in total. The molecule has 0 aliphatic carbocycles. The maximum absolute atomic E-state index is 6.01. The van der Waals surface area contributed by atoms with Gasteiger partial charge in [-0.2, -0.15) is 0 Å². The highest BCUT2D eigenvalue weighted by molar-refractivity contribution is 9.10. The van der Waals surface area contributed by atoms with Crippen LogP contribution in [0.15, 0.2) is 22.7 Å². The molecule has 0 saturated carbocycles. The van der Waals surface area contributed by atoms with Gasteiger partial charge in [0, 0.05) is 18.1 Å². The van der Waals surface area contributed by atoms with Crippen LogP contribution in [0, 0.1) is 5.41 Å². The molecule has 0 atom stereocenters. The quantitative estimate of drug-likeness (QED) is 0.840. The SMILES string of the molecule is CN(CCCC(C)(C)C)c1ccc(Br)cc1N. The van der Waals surface area contributed by atoms with E-state index in [0.29, 0.717) is 5.41 Å². The molecule has 0 aromatic heterocycles. The Hall–Kier alpha value is -0.700. The van der Waals surface area contributed by atoms with Gasteiger partial charge < -0.3 is 10.6 Å². The van der Waals surface area contributed by atoms with Crippen molar-refractivity contribution < 1.29 is 0 Å². The van der Waals surface area contributed by atoms with Crippen LogP contribution in [0.25, 0.3) is 0 Å². The third-order valence-corrected chi connectivity index (χ3v) is 3.31. The zero-order valence-corrected chi connectivity index (χ0v) is 12.8. The van der Waals surface area contributed by atoms with E-state index < -0.39 is 0 Å². The van der Waals surface area contributed by atoms with Crippen molar-refractivity contribution in [3.05, 3.63) is 22.7 Å². The molecule has 0 saturated heterocycles. The lowest BCUT2D eigenvalue weighted by Crippen LogP contribution is -2.21. The maximum atomic E-state index is 6.01. The van der Waals surface area contributed by atoms with Crippen molar-refractivity contribution >= 4 is 27.3 Å². The third-order valence-electron chi connectivity index (χ3n) is 2.82. The predicted octanol–water partition coefficient (Wildman–Crippen LogP) is 4.29. The fraction of sp³-hybridized carbons (Fsp3) is 0.571. The summed E-state index contributed by atoms with van der Waals surface area (Å²) in [5.41, 5.74) is 8.36. The minimum atomic E-state index is 0.409. The van der Waals surface area contributed by atoms with Crippen LogP contribution in [0.5, 0.6) is 0 Å². The number of hydrogen-bond donors (Lipinski definition) is 1. The molecular weight excluding hydrogens is 276 g/mol. The van der Waals surface area contributed by atoms with E-state index in [4.69, 9.17) is 5.73 Å². The van der Waals surface area contributed by atoms with Crippen LogP contribution in [0.4, 0.5) is 11.4 Å². The summed E-state index contributed by atoms with van der Waals surface area (Å²) in [6, 6.07) is 6.05. The van der Waals surface area contributed by atoms with Gasteiger partial charge in [-0.25, -0.2) is 0 Å². The standard InChI is InChI=1S/C14H23BrN2/c1-14(2,3)8-5-9-17(4)13-7-6-11(15)10-12(13)16/h6-7,10H,5,8-9,16H2,1-4H3. The van der Waals surface area contributed by atoms with Gasteiger partial charge in [0.2, 0.25) is 0 Å². The minimum Gasteiger partial charge on any atom is -0.397 e. The first kappa shape index (κ1) is 14.4. The molecule has 3 heteroatoms. The zero-order chi connectivity index (χ0) is 13.1. The Labute approximate surface area is 113 Å². The number of rotatable bonds is 4. The van der Waals surface area contributed by atoms with Crippen molar-refractivity contribution in [3.63, 3.8) is 0 Å². The van der Waals surface area contributed by atoms with E-state index in [1.165, 1.54) is 12.8 Å². The lowest BCUT2D eigenvalue weighted by molar-refractivity contribution is 0.367. The van der Waals surface area contributed by atoms with Crippen LogP contribution < -0.4 is 10.6 Å². The molecule has 0 radical (unpaired) electrons. The molecule has 1 aromatic carbocycles. The molecule has 1 rings (SSSR count). The van der Waals surface area contributed by atoms with Gasteiger partial charge in [0.05, 0.1) is 11.4 Å². The van der Waals surface area contributed by atoms with Crippen molar-refractivity contribution in [1.29, 1.82) is 0 Å². The van der Waals surface area contributed by atoms with Crippen molar-refractivity contribution in [2.45, 2.75) is 33.6 Å². The summed E-state index contributed by atoms with van der Waals surface area (Å²) in [5, 5.41) is 0. The minimum absolute atomic E-state index is 0.409. The van der Waals surface area contributed by atoms with Gasteiger partial charge in [-0.3, -0.25) is 0 Å². The molecule has 17 heavy (non-hydrogen) atoms. The fourth-order valence-corrected chi connectivity index (χ4v) is 2.22. The first-order chi connectivity index (χ1) is 7.79. The summed E-state index contributed by atoms with van der Waals surface area (Å²) in [6.07, 6.45) is 2.42. The molecule has 0 heterocycles. The van der Waals surface area contributed by atoms with Crippen LogP contribution in [0.2, 0.25) is 0 Å². The molecule has 0 aliphatic heterocycles. The average molecular weight is 299 g/mol. The van der Waals surface area contributed by atoms with Gasteiger partial charge in [0.15, 0.2) is 0 Å². The largest absolute Gasteiger partial charge is 0.397 e. The van der Waals surface area contributed by atoms with Crippen molar-refractivity contribution in [3.8, 4) is 0 Å². The van der Waals surface area contributed by atoms with Crippen LogP contribution in [-0.4, -0.2) is 13.6 Å². The van der Waals surface area contributed by atoms with Gasteiger partial charge in [0.25, 0.3) is 0 Å². The third kappa shape index (κ3) is 4.99. The van der Waals surface area contributed by atoms with E-state index in [9.17, 15) is 0 Å². The van der Waals surface area contributed by atoms with Gasteiger partial charge in [-0.05, 0) is 36.5 Å². The molecule has 0 bridgehead atoms. The van der Waals surface area contributed by atoms with Gasteiger partial charge in [0.1, 0.15) is 0 Å². The number of nitrogens with two attached hydrogens (primary N) is 1. The molecule has 0 aliphatic rings. The average Bonchev–Trinajstić information content (AvgIpc) is 2.15. The summed E-state index contributed by atoms with van der Waals surface area (Å²) in [5.74, 6) is 0. The lowest BCUT2D eigenvalue weighted by Gasteiger charge is -2.24. The normalized spacial score (nSPS) is 11.6. The van der Waals surface area contributed by atoms with Crippen LogP contribution in [-0.2, 0) is 0 Å². The molecule has 2 N–H and O–H groups in total. The highest BCUT2D eigenvalue weighted by Gasteiger charge is 2.11. The summed E-state index contributed by atoms with van der Waals surface area (Å²) in [7, 11) is 2.10. The van der Waals surface area contributed by atoms with Crippen molar-refractivity contribution in [1.82, 2.24) is 0 Å². The van der Waals surface area contributed by atoms with E-state index in [2.05, 4.69) is 54.7 Å². The number of anilines is 2. The number of benzene rings is 1. The summed E-state index contributed by atoms with van der Waals surface area (Å²) in [4.78, 5) is 2.23. The molecule has 96 valence electrons. The Morgan fingerprint density at radius 3 is 2.47 bits per heavy atom. The summed E-state index contributed by atoms with van der Waals surface area (Å²) in [6.45, 7) is 7.88. The second-order valence-electron chi connectivity index (χ2n) is 5.79. The Balaban J connectivity index is 2.55. The Kier molecular flexibility index (Phi) is 4.87. The predicted molar refractivity (Wildman–Crippen MR) is 80.5 cm³/mol. The van der Waals surface area contributed by atoms with E-state index in [1.54, 1.807) is 0 Å². The number of nitrogen functional groups attached to an aromatic ring is 1. The maximum Gasteiger partial charge on any atom is 0.0598 e. The molecule has 0 unspecified atom stereocenters. The lowest BCUT2D eigenvalue weighted by atomic mass is 9.90. The summed E-state index contributed by atoms with van der Waals surface area (Å²) < 4.78 is 1.03. The van der Waals surface area contributed by atoms with Crippen LogP contribution in [0.3, 0.4) is 0 Å². The molecular formula is C14H23BrN2. The van der Waals surface area contributed by atoms with Gasteiger partial charge in [-0.15, -0.1) is 0 Å². The Morgan fingerprint density at radius 2 is 1.94 bits per heavy atom. The number of halogens is 1. The second kappa shape index (κ2) is 5.76. The van der Waals surface area contributed by atoms with E-state index >= 15 is 0 Å². The summed E-state index contributed by atoms with van der Waals surface area (Å²) >= 11 is 3.43. The van der Waals surface area contributed by atoms with E-state index in [0.717, 1.165) is 22.4 Å².